The second kappa shape index (κ2) is 5.68. The molecule has 0 radical (unpaired) electrons. The SMILES string of the molecule is CNC1COCC1c1nc(Cc2cccc(F)c2)no1. The van der Waals surface area contributed by atoms with E-state index in [1.807, 2.05) is 13.1 Å². The van der Waals surface area contributed by atoms with Gasteiger partial charge < -0.3 is 14.6 Å². The third-order valence-corrected chi connectivity index (χ3v) is 3.50. The van der Waals surface area contributed by atoms with Crippen molar-refractivity contribution in [2.24, 2.45) is 0 Å². The smallest absolute Gasteiger partial charge is 0.233 e. The van der Waals surface area contributed by atoms with Crippen molar-refractivity contribution >= 4 is 0 Å². The highest BCUT2D eigenvalue weighted by Gasteiger charge is 2.32. The summed E-state index contributed by atoms with van der Waals surface area (Å²) in [6.07, 6.45) is 0.457. The summed E-state index contributed by atoms with van der Waals surface area (Å²) >= 11 is 0. The van der Waals surface area contributed by atoms with Crippen LogP contribution in [0, 0.1) is 5.82 Å². The first kappa shape index (κ1) is 13.2. The highest BCUT2D eigenvalue weighted by molar-refractivity contribution is 5.20. The van der Waals surface area contributed by atoms with E-state index in [9.17, 15) is 4.39 Å². The van der Waals surface area contributed by atoms with E-state index in [1.54, 1.807) is 6.07 Å². The molecule has 106 valence electrons. The second-order valence-corrected chi connectivity index (χ2v) is 4.89. The molecule has 2 aromatic rings. The lowest BCUT2D eigenvalue weighted by Crippen LogP contribution is -2.31. The highest BCUT2D eigenvalue weighted by atomic mass is 19.1. The van der Waals surface area contributed by atoms with Gasteiger partial charge in [0.15, 0.2) is 5.82 Å². The summed E-state index contributed by atoms with van der Waals surface area (Å²) in [5, 5.41) is 7.14. The van der Waals surface area contributed by atoms with E-state index < -0.39 is 0 Å². The van der Waals surface area contributed by atoms with Crippen LogP contribution in [0.4, 0.5) is 4.39 Å². The van der Waals surface area contributed by atoms with E-state index in [0.29, 0.717) is 31.3 Å². The molecule has 1 aromatic heterocycles. The molecule has 1 N–H and O–H groups in total. The predicted octanol–water partition coefficient (Wildman–Crippen LogP) is 1.50. The minimum atomic E-state index is -0.259. The molecule has 1 aromatic carbocycles. The molecular weight excluding hydrogens is 261 g/mol. The average Bonchev–Trinajstić information content (AvgIpc) is 3.06. The lowest BCUT2D eigenvalue weighted by atomic mass is 10.0. The Morgan fingerprint density at radius 2 is 2.30 bits per heavy atom. The van der Waals surface area contributed by atoms with Crippen LogP contribution in [0.1, 0.15) is 23.2 Å². The van der Waals surface area contributed by atoms with Crippen molar-refractivity contribution in [3.05, 3.63) is 47.4 Å². The molecule has 1 aliphatic rings. The first-order valence-electron chi connectivity index (χ1n) is 6.58. The van der Waals surface area contributed by atoms with Gasteiger partial charge in [-0.3, -0.25) is 0 Å². The van der Waals surface area contributed by atoms with Crippen LogP contribution in [-0.2, 0) is 11.2 Å². The summed E-state index contributed by atoms with van der Waals surface area (Å²) in [7, 11) is 1.89. The van der Waals surface area contributed by atoms with Crippen LogP contribution < -0.4 is 5.32 Å². The van der Waals surface area contributed by atoms with Gasteiger partial charge in [-0.05, 0) is 24.7 Å². The van der Waals surface area contributed by atoms with E-state index in [0.717, 1.165) is 5.56 Å². The quantitative estimate of drug-likeness (QED) is 0.917. The largest absolute Gasteiger partial charge is 0.379 e. The summed E-state index contributed by atoms with van der Waals surface area (Å²) in [5.41, 5.74) is 0.824. The highest BCUT2D eigenvalue weighted by Crippen LogP contribution is 2.24. The van der Waals surface area contributed by atoms with Crippen LogP contribution in [0.25, 0.3) is 0 Å². The molecule has 2 unspecified atom stereocenters. The number of likely N-dealkylation sites (N-methyl/N-ethyl adjacent to an activating group) is 1. The Labute approximate surface area is 116 Å². The zero-order chi connectivity index (χ0) is 13.9. The molecule has 3 rings (SSSR count). The number of nitrogens with zero attached hydrogens (tertiary/aromatic N) is 2. The van der Waals surface area contributed by atoms with Gasteiger partial charge in [-0.25, -0.2) is 4.39 Å². The van der Waals surface area contributed by atoms with Crippen molar-refractivity contribution in [3.8, 4) is 0 Å². The molecule has 1 aliphatic heterocycles. The Morgan fingerprint density at radius 1 is 1.40 bits per heavy atom. The zero-order valence-corrected chi connectivity index (χ0v) is 11.2. The average molecular weight is 277 g/mol. The topological polar surface area (TPSA) is 60.2 Å². The molecular formula is C14H16FN3O2. The van der Waals surface area contributed by atoms with Gasteiger partial charge in [-0.1, -0.05) is 17.3 Å². The minimum Gasteiger partial charge on any atom is -0.379 e. The van der Waals surface area contributed by atoms with Crippen molar-refractivity contribution < 1.29 is 13.7 Å². The van der Waals surface area contributed by atoms with Gasteiger partial charge in [-0.15, -0.1) is 0 Å². The number of aromatic nitrogens is 2. The summed E-state index contributed by atoms with van der Waals surface area (Å²) < 4.78 is 23.9. The molecule has 0 amide bonds. The maximum atomic E-state index is 13.1. The van der Waals surface area contributed by atoms with E-state index in [-0.39, 0.29) is 17.8 Å². The van der Waals surface area contributed by atoms with Crippen LogP contribution in [0.5, 0.6) is 0 Å². The zero-order valence-electron chi connectivity index (χ0n) is 11.2. The van der Waals surface area contributed by atoms with E-state index in [1.165, 1.54) is 12.1 Å². The van der Waals surface area contributed by atoms with Crippen molar-refractivity contribution in [2.75, 3.05) is 20.3 Å². The van der Waals surface area contributed by atoms with Gasteiger partial charge in [0.25, 0.3) is 0 Å². The number of ether oxygens (including phenoxy) is 1. The Hall–Kier alpha value is -1.79. The summed E-state index contributed by atoms with van der Waals surface area (Å²) in [5.74, 6) is 0.958. The van der Waals surface area contributed by atoms with Gasteiger partial charge in [-0.2, -0.15) is 4.98 Å². The van der Waals surface area contributed by atoms with Gasteiger partial charge in [0.1, 0.15) is 5.82 Å². The number of rotatable bonds is 4. The normalized spacial score (nSPS) is 22.3. The first-order valence-corrected chi connectivity index (χ1v) is 6.58. The van der Waals surface area contributed by atoms with Crippen molar-refractivity contribution in [1.29, 1.82) is 0 Å². The fourth-order valence-electron chi connectivity index (χ4n) is 2.40. The molecule has 6 heteroatoms. The molecule has 5 nitrogen and oxygen atoms in total. The summed E-state index contributed by atoms with van der Waals surface area (Å²) in [4.78, 5) is 4.40. The minimum absolute atomic E-state index is 0.0776. The number of halogens is 1. The number of hydrogen-bond acceptors (Lipinski definition) is 5. The van der Waals surface area contributed by atoms with Gasteiger partial charge in [0.2, 0.25) is 5.89 Å². The van der Waals surface area contributed by atoms with Crippen LogP contribution >= 0.6 is 0 Å². The number of nitrogens with one attached hydrogen (secondary N) is 1. The number of benzene rings is 1. The number of hydrogen-bond donors (Lipinski definition) is 1. The summed E-state index contributed by atoms with van der Waals surface area (Å²) in [6.45, 7) is 1.22. The van der Waals surface area contributed by atoms with Crippen molar-refractivity contribution in [2.45, 2.75) is 18.4 Å². The van der Waals surface area contributed by atoms with Gasteiger partial charge >= 0.3 is 0 Å². The standard InChI is InChI=1S/C14H16FN3O2/c1-16-12-8-19-7-11(12)14-17-13(18-20-14)6-9-3-2-4-10(15)5-9/h2-5,11-12,16H,6-8H2,1H3. The Balaban J connectivity index is 1.73. The van der Waals surface area contributed by atoms with E-state index in [4.69, 9.17) is 9.26 Å². The van der Waals surface area contributed by atoms with Gasteiger partial charge in [0, 0.05) is 12.5 Å². The van der Waals surface area contributed by atoms with Crippen LogP contribution in [0.2, 0.25) is 0 Å². The summed E-state index contributed by atoms with van der Waals surface area (Å²) in [6, 6.07) is 6.60. The van der Waals surface area contributed by atoms with Crippen LogP contribution in [-0.4, -0.2) is 36.4 Å². The fraction of sp³-hybridized carbons (Fsp3) is 0.429. The van der Waals surface area contributed by atoms with E-state index in [2.05, 4.69) is 15.5 Å². The Bertz CT molecular complexity index is 587. The van der Waals surface area contributed by atoms with Crippen LogP contribution in [0.15, 0.2) is 28.8 Å². The second-order valence-electron chi connectivity index (χ2n) is 4.89. The third-order valence-electron chi connectivity index (χ3n) is 3.50. The third kappa shape index (κ3) is 2.71. The van der Waals surface area contributed by atoms with E-state index >= 15 is 0 Å². The molecule has 0 aliphatic carbocycles. The lowest BCUT2D eigenvalue weighted by molar-refractivity contribution is 0.185. The Kier molecular flexibility index (Phi) is 3.75. The predicted molar refractivity (Wildman–Crippen MR) is 69.9 cm³/mol. The van der Waals surface area contributed by atoms with Crippen LogP contribution in [0.3, 0.4) is 0 Å². The fourth-order valence-corrected chi connectivity index (χ4v) is 2.40. The monoisotopic (exact) mass is 277 g/mol. The molecule has 1 saturated heterocycles. The molecule has 1 fully saturated rings. The van der Waals surface area contributed by atoms with Crippen molar-refractivity contribution in [3.63, 3.8) is 0 Å². The molecule has 2 heterocycles. The molecule has 0 spiro atoms. The maximum Gasteiger partial charge on any atom is 0.233 e. The van der Waals surface area contributed by atoms with Gasteiger partial charge in [0.05, 0.1) is 19.1 Å². The first-order chi connectivity index (χ1) is 9.76. The molecule has 2 atom stereocenters. The lowest BCUT2D eigenvalue weighted by Gasteiger charge is -2.11. The van der Waals surface area contributed by atoms with Crippen molar-refractivity contribution in [1.82, 2.24) is 15.5 Å². The molecule has 20 heavy (non-hydrogen) atoms. The maximum absolute atomic E-state index is 13.1. The Morgan fingerprint density at radius 3 is 3.10 bits per heavy atom. The molecule has 0 bridgehead atoms. The molecule has 0 saturated carbocycles.